The molecule has 1 aliphatic heterocycles. The second kappa shape index (κ2) is 4.71. The van der Waals surface area contributed by atoms with Crippen LogP contribution in [0.1, 0.15) is 0 Å². The first kappa shape index (κ1) is 11.2. The van der Waals surface area contributed by atoms with Crippen molar-refractivity contribution >= 4 is 23.4 Å². The fraction of sp³-hybridized carbons (Fsp3) is 0.400. The summed E-state index contributed by atoms with van der Waals surface area (Å²) < 4.78 is 1.44. The zero-order valence-corrected chi connectivity index (χ0v) is 9.71. The number of anilines is 1. The van der Waals surface area contributed by atoms with Crippen LogP contribution in [0, 0.1) is 0 Å². The Labute approximate surface area is 97.2 Å². The van der Waals surface area contributed by atoms with Crippen LogP contribution < -0.4 is 16.2 Å². The van der Waals surface area contributed by atoms with Crippen molar-refractivity contribution in [3.63, 3.8) is 0 Å². The minimum atomic E-state index is -0.137. The van der Waals surface area contributed by atoms with Crippen molar-refractivity contribution in [1.82, 2.24) is 9.88 Å². The van der Waals surface area contributed by atoms with Crippen molar-refractivity contribution in [3.05, 3.63) is 28.7 Å². The smallest absolute Gasteiger partial charge is 0.250 e. The van der Waals surface area contributed by atoms with Crippen LogP contribution in [0.4, 0.5) is 5.69 Å². The van der Waals surface area contributed by atoms with Crippen molar-refractivity contribution < 1.29 is 4.79 Å². The number of hydrogen-bond donors (Lipinski definition) is 2. The molecule has 0 radical (unpaired) electrons. The summed E-state index contributed by atoms with van der Waals surface area (Å²) in [5.74, 6) is 1.55. The highest BCUT2D eigenvalue weighted by molar-refractivity contribution is 7.99. The fourth-order valence-corrected chi connectivity index (χ4v) is 2.40. The number of carbonyl (C=O) groups excluding carboxylic acids is 1. The molecule has 1 saturated heterocycles. The highest BCUT2D eigenvalue weighted by Gasteiger charge is 2.22. The normalized spacial score (nSPS) is 19.7. The van der Waals surface area contributed by atoms with Gasteiger partial charge in [0.1, 0.15) is 0 Å². The van der Waals surface area contributed by atoms with E-state index in [2.05, 4.69) is 10.6 Å². The van der Waals surface area contributed by atoms with E-state index in [9.17, 15) is 9.59 Å². The molecular weight excluding hydrogens is 226 g/mol. The van der Waals surface area contributed by atoms with E-state index in [1.165, 1.54) is 10.6 Å². The van der Waals surface area contributed by atoms with E-state index < -0.39 is 0 Å². The SMILES string of the molecule is Cn1cc(NC(=O)C2CSCN2)ccc1=O. The highest BCUT2D eigenvalue weighted by atomic mass is 32.2. The molecule has 1 fully saturated rings. The summed E-state index contributed by atoms with van der Waals surface area (Å²) in [5.41, 5.74) is 0.554. The monoisotopic (exact) mass is 239 g/mol. The molecule has 1 aromatic heterocycles. The quantitative estimate of drug-likeness (QED) is 0.762. The first-order valence-electron chi connectivity index (χ1n) is 4.95. The van der Waals surface area contributed by atoms with Crippen LogP contribution in [0.15, 0.2) is 23.1 Å². The number of carbonyl (C=O) groups is 1. The summed E-state index contributed by atoms with van der Waals surface area (Å²) in [6.45, 7) is 0. The van der Waals surface area contributed by atoms with Crippen LogP contribution in [0.25, 0.3) is 0 Å². The lowest BCUT2D eigenvalue weighted by Crippen LogP contribution is -2.37. The molecule has 0 spiro atoms. The topological polar surface area (TPSA) is 63.1 Å². The van der Waals surface area contributed by atoms with Gasteiger partial charge in [-0.15, -0.1) is 11.8 Å². The van der Waals surface area contributed by atoms with E-state index >= 15 is 0 Å². The zero-order chi connectivity index (χ0) is 11.5. The Morgan fingerprint density at radius 1 is 1.62 bits per heavy atom. The number of nitrogens with zero attached hydrogens (tertiary/aromatic N) is 1. The minimum absolute atomic E-state index is 0.0522. The molecule has 0 aliphatic carbocycles. The average Bonchev–Trinajstić information content (AvgIpc) is 2.77. The first-order valence-corrected chi connectivity index (χ1v) is 6.11. The molecule has 2 N–H and O–H groups in total. The molecule has 1 aliphatic rings. The lowest BCUT2D eigenvalue weighted by Gasteiger charge is -2.10. The lowest BCUT2D eigenvalue weighted by molar-refractivity contribution is -0.117. The third-order valence-electron chi connectivity index (χ3n) is 2.39. The predicted molar refractivity (Wildman–Crippen MR) is 64.6 cm³/mol. The van der Waals surface area contributed by atoms with Gasteiger partial charge in [0, 0.05) is 30.9 Å². The van der Waals surface area contributed by atoms with Gasteiger partial charge in [0.2, 0.25) is 11.5 Å². The van der Waals surface area contributed by atoms with Gasteiger partial charge in [0.05, 0.1) is 11.7 Å². The van der Waals surface area contributed by atoms with E-state index in [-0.39, 0.29) is 17.5 Å². The molecule has 86 valence electrons. The molecule has 1 unspecified atom stereocenters. The predicted octanol–water partition coefficient (Wildman–Crippen LogP) is -0.0137. The van der Waals surface area contributed by atoms with Gasteiger partial charge in [0.25, 0.3) is 0 Å². The van der Waals surface area contributed by atoms with Crippen molar-refractivity contribution in [1.29, 1.82) is 0 Å². The van der Waals surface area contributed by atoms with E-state index in [0.29, 0.717) is 5.69 Å². The van der Waals surface area contributed by atoms with Crippen LogP contribution in [-0.4, -0.2) is 28.1 Å². The number of hydrogen-bond acceptors (Lipinski definition) is 4. The first-order chi connectivity index (χ1) is 7.66. The second-order valence-electron chi connectivity index (χ2n) is 3.63. The van der Waals surface area contributed by atoms with E-state index in [1.807, 2.05) is 0 Å². The van der Waals surface area contributed by atoms with Gasteiger partial charge in [0.15, 0.2) is 0 Å². The molecule has 0 bridgehead atoms. The summed E-state index contributed by atoms with van der Waals surface area (Å²) in [7, 11) is 1.65. The van der Waals surface area contributed by atoms with Crippen molar-refractivity contribution in [2.45, 2.75) is 6.04 Å². The fourth-order valence-electron chi connectivity index (χ4n) is 1.46. The Kier molecular flexibility index (Phi) is 3.31. The summed E-state index contributed by atoms with van der Waals surface area (Å²) in [4.78, 5) is 22.9. The summed E-state index contributed by atoms with van der Waals surface area (Å²) >= 11 is 1.70. The summed E-state index contributed by atoms with van der Waals surface area (Å²) in [6.07, 6.45) is 1.61. The maximum atomic E-state index is 11.7. The number of aromatic nitrogens is 1. The molecule has 1 amide bonds. The van der Waals surface area contributed by atoms with Crippen LogP contribution >= 0.6 is 11.8 Å². The molecular formula is C10H13N3O2S. The van der Waals surface area contributed by atoms with E-state index in [1.54, 1.807) is 31.1 Å². The highest BCUT2D eigenvalue weighted by Crippen LogP contribution is 2.11. The van der Waals surface area contributed by atoms with Crippen molar-refractivity contribution in [2.24, 2.45) is 7.05 Å². The van der Waals surface area contributed by atoms with E-state index in [0.717, 1.165) is 11.6 Å². The average molecular weight is 239 g/mol. The number of rotatable bonds is 2. The lowest BCUT2D eigenvalue weighted by atomic mass is 10.3. The van der Waals surface area contributed by atoms with Gasteiger partial charge >= 0.3 is 0 Å². The molecule has 0 aromatic carbocycles. The maximum Gasteiger partial charge on any atom is 0.250 e. The molecule has 2 rings (SSSR count). The van der Waals surface area contributed by atoms with Gasteiger partial charge in [-0.2, -0.15) is 0 Å². The van der Waals surface area contributed by atoms with Gasteiger partial charge in [-0.3, -0.25) is 14.9 Å². The van der Waals surface area contributed by atoms with Gasteiger partial charge in [-0.05, 0) is 6.07 Å². The molecule has 1 atom stereocenters. The largest absolute Gasteiger partial charge is 0.323 e. The maximum absolute atomic E-state index is 11.7. The molecule has 1 aromatic rings. The Bertz CT molecular complexity index is 452. The third kappa shape index (κ3) is 2.45. The number of thioether (sulfide) groups is 1. The Balaban J connectivity index is 2.05. The van der Waals surface area contributed by atoms with Crippen molar-refractivity contribution in [3.8, 4) is 0 Å². The van der Waals surface area contributed by atoms with Crippen molar-refractivity contribution in [2.75, 3.05) is 16.9 Å². The standard InChI is InChI=1S/C10H13N3O2S/c1-13-4-7(2-3-9(13)14)12-10(15)8-5-16-6-11-8/h2-4,8,11H,5-6H2,1H3,(H,12,15). The molecule has 6 heteroatoms. The van der Waals surface area contributed by atoms with Crippen LogP contribution in [0.5, 0.6) is 0 Å². The molecule has 2 heterocycles. The molecule has 0 saturated carbocycles. The van der Waals surface area contributed by atoms with Gasteiger partial charge < -0.3 is 9.88 Å². The number of aryl methyl sites for hydroxylation is 1. The van der Waals surface area contributed by atoms with Gasteiger partial charge in [-0.25, -0.2) is 0 Å². The van der Waals surface area contributed by atoms with Crippen LogP contribution in [0.3, 0.4) is 0 Å². The summed E-state index contributed by atoms with van der Waals surface area (Å²) in [6, 6.07) is 2.91. The Hall–Kier alpha value is -1.27. The molecule has 5 nitrogen and oxygen atoms in total. The Morgan fingerprint density at radius 3 is 3.06 bits per heavy atom. The van der Waals surface area contributed by atoms with E-state index in [4.69, 9.17) is 0 Å². The Morgan fingerprint density at radius 2 is 2.44 bits per heavy atom. The summed E-state index contributed by atoms with van der Waals surface area (Å²) in [5, 5.41) is 5.86. The number of nitrogens with one attached hydrogen (secondary N) is 2. The number of pyridine rings is 1. The van der Waals surface area contributed by atoms with Crippen LogP contribution in [-0.2, 0) is 11.8 Å². The van der Waals surface area contributed by atoms with Gasteiger partial charge in [-0.1, -0.05) is 0 Å². The number of amides is 1. The second-order valence-corrected chi connectivity index (χ2v) is 4.66. The minimum Gasteiger partial charge on any atom is -0.323 e. The molecule has 16 heavy (non-hydrogen) atoms. The van der Waals surface area contributed by atoms with Crippen LogP contribution in [0.2, 0.25) is 0 Å². The third-order valence-corrected chi connectivity index (χ3v) is 3.33. The zero-order valence-electron chi connectivity index (χ0n) is 8.90.